The Labute approximate surface area is 142 Å². The van der Waals surface area contributed by atoms with Crippen molar-refractivity contribution < 1.29 is 9.53 Å². The minimum atomic E-state index is -0.0784. The summed E-state index contributed by atoms with van der Waals surface area (Å²) < 4.78 is 5.73. The van der Waals surface area contributed by atoms with Crippen molar-refractivity contribution in [2.45, 2.75) is 109 Å². The van der Waals surface area contributed by atoms with Gasteiger partial charge in [-0.3, -0.25) is 4.79 Å². The average Bonchev–Trinajstić information content (AvgIpc) is 2.56. The zero-order chi connectivity index (χ0) is 16.3. The van der Waals surface area contributed by atoms with E-state index in [1.54, 1.807) is 6.92 Å². The summed E-state index contributed by atoms with van der Waals surface area (Å²) in [5.74, 6) is 1.90. The van der Waals surface area contributed by atoms with E-state index in [-0.39, 0.29) is 11.6 Å². The summed E-state index contributed by atoms with van der Waals surface area (Å²) in [6.07, 6.45) is 18.9. The third-order valence-electron chi connectivity index (χ3n) is 7.52. The van der Waals surface area contributed by atoms with Crippen LogP contribution in [0, 0.1) is 17.3 Å². The van der Waals surface area contributed by atoms with Crippen LogP contribution in [0.1, 0.15) is 104 Å². The highest BCUT2D eigenvalue weighted by atomic mass is 16.6. The van der Waals surface area contributed by atoms with Gasteiger partial charge in [0.2, 0.25) is 0 Å². The van der Waals surface area contributed by atoms with E-state index in [0.29, 0.717) is 5.41 Å². The average molecular weight is 321 g/mol. The third-order valence-corrected chi connectivity index (χ3v) is 7.52. The highest BCUT2D eigenvalue weighted by molar-refractivity contribution is 5.66. The Morgan fingerprint density at radius 3 is 2.09 bits per heavy atom. The molecule has 0 saturated heterocycles. The second-order valence-corrected chi connectivity index (χ2v) is 8.85. The van der Waals surface area contributed by atoms with Crippen LogP contribution in [-0.2, 0) is 9.53 Å². The van der Waals surface area contributed by atoms with E-state index in [1.165, 1.54) is 70.6 Å². The number of rotatable bonds is 6. The first-order valence-corrected chi connectivity index (χ1v) is 10.3. The molecule has 132 valence electrons. The van der Waals surface area contributed by atoms with E-state index in [1.807, 2.05) is 0 Å². The second kappa shape index (κ2) is 7.15. The summed E-state index contributed by atoms with van der Waals surface area (Å²) in [6, 6.07) is 0. The molecular weight excluding hydrogens is 284 g/mol. The quantitative estimate of drug-likeness (QED) is 0.441. The minimum absolute atomic E-state index is 0.0769. The largest absolute Gasteiger partial charge is 0.459 e. The number of fused-ring (bicyclic) bond motifs is 3. The van der Waals surface area contributed by atoms with E-state index in [2.05, 4.69) is 6.92 Å². The number of hydrogen-bond donors (Lipinski definition) is 0. The third kappa shape index (κ3) is 3.77. The molecule has 0 heterocycles. The number of unbranched alkanes of at least 4 members (excludes halogenated alkanes) is 2. The maximum Gasteiger partial charge on any atom is 0.303 e. The predicted molar refractivity (Wildman–Crippen MR) is 94.2 cm³/mol. The molecule has 0 atom stereocenters. The van der Waals surface area contributed by atoms with Crippen LogP contribution >= 0.6 is 0 Å². The van der Waals surface area contributed by atoms with Gasteiger partial charge in [0.25, 0.3) is 0 Å². The molecule has 0 amide bonds. The molecule has 23 heavy (non-hydrogen) atoms. The standard InChI is InChI=1S/C21H36O2/c1-3-4-5-6-18-7-9-19(10-8-18)20-11-14-21(15-12-20,16-13-20)23-17(2)22/h18-19H,3-16H2,1-2H3/t18-,19-,20?,21?. The highest BCUT2D eigenvalue weighted by Gasteiger charge is 2.53. The van der Waals surface area contributed by atoms with Crippen molar-refractivity contribution in [1.29, 1.82) is 0 Å². The lowest BCUT2D eigenvalue weighted by molar-refractivity contribution is -0.179. The fraction of sp³-hybridized carbons (Fsp3) is 0.952. The first-order valence-electron chi connectivity index (χ1n) is 10.3. The number of carbonyl (C=O) groups is 1. The van der Waals surface area contributed by atoms with Crippen LogP contribution in [0.15, 0.2) is 0 Å². The van der Waals surface area contributed by atoms with Gasteiger partial charge in [0, 0.05) is 6.92 Å². The fourth-order valence-corrected chi connectivity index (χ4v) is 6.00. The molecule has 0 aliphatic heterocycles. The molecule has 0 aromatic rings. The number of esters is 1. The predicted octanol–water partition coefficient (Wildman–Crippen LogP) is 6.03. The van der Waals surface area contributed by atoms with Crippen LogP contribution in [0.3, 0.4) is 0 Å². The van der Waals surface area contributed by atoms with Gasteiger partial charge in [0.05, 0.1) is 0 Å². The van der Waals surface area contributed by atoms with Gasteiger partial charge in [-0.1, -0.05) is 45.4 Å². The monoisotopic (exact) mass is 320 g/mol. The fourth-order valence-electron chi connectivity index (χ4n) is 6.00. The van der Waals surface area contributed by atoms with Crippen molar-refractivity contribution in [2.75, 3.05) is 0 Å². The molecule has 0 aromatic heterocycles. The molecule has 4 rings (SSSR count). The van der Waals surface area contributed by atoms with Crippen molar-refractivity contribution >= 4 is 5.97 Å². The van der Waals surface area contributed by atoms with Crippen molar-refractivity contribution in [1.82, 2.24) is 0 Å². The summed E-state index contributed by atoms with van der Waals surface area (Å²) in [5.41, 5.74) is 0.529. The first kappa shape index (κ1) is 17.3. The zero-order valence-corrected chi connectivity index (χ0v) is 15.4. The van der Waals surface area contributed by atoms with Crippen LogP contribution in [-0.4, -0.2) is 11.6 Å². The first-order chi connectivity index (χ1) is 11.1. The molecule has 0 radical (unpaired) electrons. The Kier molecular flexibility index (Phi) is 5.38. The summed E-state index contributed by atoms with van der Waals surface area (Å²) in [4.78, 5) is 11.4. The lowest BCUT2D eigenvalue weighted by atomic mass is 9.51. The summed E-state index contributed by atoms with van der Waals surface area (Å²) in [7, 11) is 0. The lowest BCUT2D eigenvalue weighted by Crippen LogP contribution is -2.51. The maximum absolute atomic E-state index is 11.4. The Bertz CT molecular complexity index is 382. The number of carbonyl (C=O) groups excluding carboxylic acids is 1. The Hall–Kier alpha value is -0.530. The van der Waals surface area contributed by atoms with Crippen LogP contribution < -0.4 is 0 Å². The van der Waals surface area contributed by atoms with Gasteiger partial charge in [-0.25, -0.2) is 0 Å². The molecule has 4 aliphatic rings. The van der Waals surface area contributed by atoms with Gasteiger partial charge in [-0.15, -0.1) is 0 Å². The van der Waals surface area contributed by atoms with Crippen LogP contribution in [0.25, 0.3) is 0 Å². The Morgan fingerprint density at radius 2 is 1.57 bits per heavy atom. The summed E-state index contributed by atoms with van der Waals surface area (Å²) in [6.45, 7) is 3.88. The van der Waals surface area contributed by atoms with Crippen LogP contribution in [0.5, 0.6) is 0 Å². The molecule has 0 spiro atoms. The van der Waals surface area contributed by atoms with E-state index in [4.69, 9.17) is 4.74 Å². The van der Waals surface area contributed by atoms with Crippen LogP contribution in [0.4, 0.5) is 0 Å². The second-order valence-electron chi connectivity index (χ2n) is 8.85. The SMILES string of the molecule is CCCCC[C@H]1CC[C@H](C23CCC(OC(C)=O)(CC2)CC3)CC1. The van der Waals surface area contributed by atoms with Gasteiger partial charge in [0.1, 0.15) is 5.60 Å². The molecular formula is C21H36O2. The highest BCUT2D eigenvalue weighted by Crippen LogP contribution is 2.60. The van der Waals surface area contributed by atoms with Crippen molar-refractivity contribution in [3.8, 4) is 0 Å². The van der Waals surface area contributed by atoms with Gasteiger partial charge >= 0.3 is 5.97 Å². The topological polar surface area (TPSA) is 26.3 Å². The maximum atomic E-state index is 11.4. The van der Waals surface area contributed by atoms with Gasteiger partial charge in [-0.2, -0.15) is 0 Å². The zero-order valence-electron chi connectivity index (χ0n) is 15.4. The molecule has 0 unspecified atom stereocenters. The Morgan fingerprint density at radius 1 is 0.957 bits per heavy atom. The van der Waals surface area contributed by atoms with Crippen LogP contribution in [0.2, 0.25) is 0 Å². The molecule has 0 N–H and O–H groups in total. The molecule has 4 fully saturated rings. The van der Waals surface area contributed by atoms with E-state index >= 15 is 0 Å². The molecule has 0 aromatic carbocycles. The molecule has 2 nitrogen and oxygen atoms in total. The molecule has 2 heteroatoms. The molecule has 4 aliphatic carbocycles. The van der Waals surface area contributed by atoms with Gasteiger partial charge in [0.15, 0.2) is 0 Å². The van der Waals surface area contributed by atoms with E-state index in [9.17, 15) is 4.79 Å². The van der Waals surface area contributed by atoms with Gasteiger partial charge < -0.3 is 4.74 Å². The van der Waals surface area contributed by atoms with Gasteiger partial charge in [-0.05, 0) is 68.6 Å². The molecule has 2 bridgehead atoms. The normalized spacial score (nSPS) is 40.1. The Balaban J connectivity index is 1.49. The number of ether oxygens (including phenoxy) is 1. The summed E-state index contributed by atoms with van der Waals surface area (Å²) >= 11 is 0. The number of hydrogen-bond acceptors (Lipinski definition) is 2. The molecule has 4 saturated carbocycles. The summed E-state index contributed by atoms with van der Waals surface area (Å²) in [5, 5.41) is 0. The minimum Gasteiger partial charge on any atom is -0.459 e. The van der Waals surface area contributed by atoms with Crippen molar-refractivity contribution in [3.05, 3.63) is 0 Å². The van der Waals surface area contributed by atoms with Crippen molar-refractivity contribution in [3.63, 3.8) is 0 Å². The lowest BCUT2D eigenvalue weighted by Gasteiger charge is -2.56. The van der Waals surface area contributed by atoms with E-state index in [0.717, 1.165) is 31.1 Å². The van der Waals surface area contributed by atoms with Crippen molar-refractivity contribution in [2.24, 2.45) is 17.3 Å². The smallest absolute Gasteiger partial charge is 0.303 e. The van der Waals surface area contributed by atoms with E-state index < -0.39 is 0 Å².